The van der Waals surface area contributed by atoms with Crippen LogP contribution in [0.5, 0.6) is 0 Å². The van der Waals surface area contributed by atoms with E-state index in [0.717, 1.165) is 75.5 Å². The van der Waals surface area contributed by atoms with Gasteiger partial charge < -0.3 is 14.2 Å². The first kappa shape index (κ1) is 51.4. The third-order valence-corrected chi connectivity index (χ3v) is 10.4. The Morgan fingerprint density at radius 2 is 0.547 bits per heavy atom. The maximum absolute atomic E-state index is 12.7. The largest absolute Gasteiger partial charge is 0.462 e. The van der Waals surface area contributed by atoms with E-state index in [9.17, 15) is 14.4 Å². The number of hydrogen-bond acceptors (Lipinski definition) is 6. The van der Waals surface area contributed by atoms with Crippen LogP contribution in [-0.2, 0) is 28.6 Å². The fraction of sp³-hybridized carbons (Fsp3) is 0.936. The van der Waals surface area contributed by atoms with E-state index in [0.29, 0.717) is 19.3 Å². The molecule has 0 rings (SSSR count). The molecule has 0 spiro atoms. The number of carbonyl (C=O) groups is 3. The number of ether oxygens (including phenoxy) is 3. The minimum atomic E-state index is -0.762. The van der Waals surface area contributed by atoms with Crippen LogP contribution in [0.15, 0.2) is 0 Å². The van der Waals surface area contributed by atoms with Gasteiger partial charge in [0.1, 0.15) is 13.2 Å². The summed E-state index contributed by atoms with van der Waals surface area (Å²) in [6, 6.07) is 0. The molecule has 0 radical (unpaired) electrons. The van der Waals surface area contributed by atoms with E-state index in [1.807, 2.05) is 0 Å². The van der Waals surface area contributed by atoms with E-state index in [2.05, 4.69) is 41.5 Å². The smallest absolute Gasteiger partial charge is 0.306 e. The van der Waals surface area contributed by atoms with Crippen molar-refractivity contribution in [2.75, 3.05) is 13.2 Å². The fourth-order valence-corrected chi connectivity index (χ4v) is 6.88. The Morgan fingerprint density at radius 3 is 0.811 bits per heavy atom. The lowest BCUT2D eigenvalue weighted by atomic mass is 10.0. The molecule has 0 aromatic heterocycles. The van der Waals surface area contributed by atoms with E-state index >= 15 is 0 Å². The van der Waals surface area contributed by atoms with Gasteiger partial charge in [-0.2, -0.15) is 0 Å². The van der Waals surface area contributed by atoms with Crippen LogP contribution < -0.4 is 0 Å². The molecule has 0 saturated carbocycles. The van der Waals surface area contributed by atoms with Crippen LogP contribution in [0.1, 0.15) is 247 Å². The minimum absolute atomic E-state index is 0.0667. The van der Waals surface area contributed by atoms with Gasteiger partial charge in [0.2, 0.25) is 0 Å². The zero-order valence-corrected chi connectivity index (χ0v) is 36.3. The van der Waals surface area contributed by atoms with Crippen LogP contribution in [-0.4, -0.2) is 37.2 Å². The Hall–Kier alpha value is -1.59. The van der Waals surface area contributed by atoms with E-state index in [-0.39, 0.29) is 31.1 Å². The first-order chi connectivity index (χ1) is 25.6. The Kier molecular flexibility index (Phi) is 37.5. The van der Waals surface area contributed by atoms with Crippen molar-refractivity contribution >= 4 is 17.9 Å². The summed E-state index contributed by atoms with van der Waals surface area (Å²) in [6.07, 6.45) is 35.3. The number of unbranched alkanes of at least 4 members (excludes halogenated alkanes) is 23. The van der Waals surface area contributed by atoms with Crippen LogP contribution in [0.3, 0.4) is 0 Å². The second-order valence-electron chi connectivity index (χ2n) is 17.5. The van der Waals surface area contributed by atoms with Gasteiger partial charge in [0, 0.05) is 19.3 Å². The second-order valence-corrected chi connectivity index (χ2v) is 17.5. The van der Waals surface area contributed by atoms with Gasteiger partial charge in [0.25, 0.3) is 0 Å². The molecule has 6 heteroatoms. The third kappa shape index (κ3) is 41.4. The fourth-order valence-electron chi connectivity index (χ4n) is 6.88. The molecule has 0 fully saturated rings. The zero-order chi connectivity index (χ0) is 39.2. The average molecular weight is 751 g/mol. The predicted molar refractivity (Wildman–Crippen MR) is 224 cm³/mol. The minimum Gasteiger partial charge on any atom is -0.462 e. The molecule has 0 saturated heterocycles. The van der Waals surface area contributed by atoms with Crippen molar-refractivity contribution in [1.29, 1.82) is 0 Å². The van der Waals surface area contributed by atoms with Gasteiger partial charge >= 0.3 is 17.9 Å². The van der Waals surface area contributed by atoms with Crippen LogP contribution in [0, 0.1) is 17.8 Å². The van der Waals surface area contributed by atoms with Gasteiger partial charge in [-0.05, 0) is 37.0 Å². The Labute approximate surface area is 329 Å². The first-order valence-corrected chi connectivity index (χ1v) is 23.1. The summed E-state index contributed by atoms with van der Waals surface area (Å²) in [4.78, 5) is 37.7. The molecule has 0 aliphatic heterocycles. The quantitative estimate of drug-likeness (QED) is 0.0352. The molecule has 0 bridgehead atoms. The monoisotopic (exact) mass is 751 g/mol. The highest BCUT2D eigenvalue weighted by Crippen LogP contribution is 2.17. The molecule has 0 amide bonds. The van der Waals surface area contributed by atoms with Gasteiger partial charge in [-0.3, -0.25) is 14.4 Å². The van der Waals surface area contributed by atoms with Gasteiger partial charge in [-0.1, -0.05) is 208 Å². The van der Waals surface area contributed by atoms with E-state index in [1.54, 1.807) is 0 Å². The van der Waals surface area contributed by atoms with Gasteiger partial charge in [-0.15, -0.1) is 0 Å². The molecule has 0 aliphatic rings. The van der Waals surface area contributed by atoms with Gasteiger partial charge in [0.15, 0.2) is 6.10 Å². The number of hydrogen-bond donors (Lipinski definition) is 0. The summed E-state index contributed by atoms with van der Waals surface area (Å²) in [7, 11) is 0. The highest BCUT2D eigenvalue weighted by molar-refractivity contribution is 5.71. The maximum Gasteiger partial charge on any atom is 0.306 e. The summed E-state index contributed by atoms with van der Waals surface area (Å²) < 4.78 is 16.7. The molecule has 0 aromatic carbocycles. The predicted octanol–water partition coefficient (Wildman–Crippen LogP) is 14.4. The lowest BCUT2D eigenvalue weighted by molar-refractivity contribution is -0.167. The average Bonchev–Trinajstić information content (AvgIpc) is 3.11. The van der Waals surface area contributed by atoms with Crippen molar-refractivity contribution in [3.63, 3.8) is 0 Å². The van der Waals surface area contributed by atoms with Crippen molar-refractivity contribution in [2.24, 2.45) is 17.8 Å². The summed E-state index contributed by atoms with van der Waals surface area (Å²) >= 11 is 0. The molecule has 314 valence electrons. The van der Waals surface area contributed by atoms with Crippen molar-refractivity contribution in [1.82, 2.24) is 0 Å². The maximum atomic E-state index is 12.7. The van der Waals surface area contributed by atoms with E-state index in [1.165, 1.54) is 128 Å². The summed E-state index contributed by atoms with van der Waals surface area (Å²) in [6.45, 7) is 13.6. The molecule has 0 N–H and O–H groups in total. The highest BCUT2D eigenvalue weighted by Gasteiger charge is 2.19. The molecule has 0 aromatic rings. The topological polar surface area (TPSA) is 78.9 Å². The van der Waals surface area contributed by atoms with Crippen molar-refractivity contribution in [2.45, 2.75) is 253 Å². The lowest BCUT2D eigenvalue weighted by Crippen LogP contribution is -2.30. The number of esters is 3. The number of rotatable bonds is 40. The summed E-state index contributed by atoms with van der Waals surface area (Å²) in [5, 5.41) is 0. The highest BCUT2D eigenvalue weighted by atomic mass is 16.6. The molecular formula is C47H90O6. The Morgan fingerprint density at radius 1 is 0.321 bits per heavy atom. The molecule has 0 heterocycles. The molecule has 6 nitrogen and oxygen atoms in total. The second kappa shape index (κ2) is 38.7. The Bertz CT molecular complexity index is 822. The normalized spacial score (nSPS) is 12.2. The standard InChI is InChI=1S/C47H90O6/c1-41(2)33-27-21-15-11-8-7-9-13-18-26-32-38-47(50)53-44(40-52-46(49)37-31-25-20-19-23-29-35-43(5)6)39-51-45(48)36-30-24-17-14-10-12-16-22-28-34-42(3)4/h41-44H,7-40H2,1-6H3/t44-/m1/s1. The van der Waals surface area contributed by atoms with Crippen molar-refractivity contribution in [3.8, 4) is 0 Å². The van der Waals surface area contributed by atoms with Crippen molar-refractivity contribution < 1.29 is 28.6 Å². The summed E-state index contributed by atoms with van der Waals surface area (Å²) in [5.41, 5.74) is 0. The number of carbonyl (C=O) groups excluding carboxylic acids is 3. The van der Waals surface area contributed by atoms with Crippen molar-refractivity contribution in [3.05, 3.63) is 0 Å². The zero-order valence-electron chi connectivity index (χ0n) is 36.3. The van der Waals surface area contributed by atoms with E-state index in [4.69, 9.17) is 14.2 Å². The molecular weight excluding hydrogens is 661 g/mol. The molecule has 0 unspecified atom stereocenters. The molecule has 1 atom stereocenters. The van der Waals surface area contributed by atoms with Crippen LogP contribution in [0.2, 0.25) is 0 Å². The molecule has 0 aliphatic carbocycles. The molecule has 53 heavy (non-hydrogen) atoms. The van der Waals surface area contributed by atoms with Crippen LogP contribution in [0.25, 0.3) is 0 Å². The SMILES string of the molecule is CC(C)CCCCCCCCCCCCCC(=O)O[C@H](COC(=O)CCCCCCCCCCCC(C)C)COC(=O)CCCCCCCCC(C)C. The van der Waals surface area contributed by atoms with E-state index < -0.39 is 6.10 Å². The first-order valence-electron chi connectivity index (χ1n) is 23.1. The summed E-state index contributed by atoms with van der Waals surface area (Å²) in [5.74, 6) is 1.53. The lowest BCUT2D eigenvalue weighted by Gasteiger charge is -2.18. The van der Waals surface area contributed by atoms with Crippen LogP contribution >= 0.6 is 0 Å². The van der Waals surface area contributed by atoms with Gasteiger partial charge in [-0.25, -0.2) is 0 Å². The van der Waals surface area contributed by atoms with Crippen LogP contribution in [0.4, 0.5) is 0 Å². The van der Waals surface area contributed by atoms with Gasteiger partial charge in [0.05, 0.1) is 0 Å². The Balaban J connectivity index is 4.33. The third-order valence-electron chi connectivity index (χ3n) is 10.4.